The molecule has 0 spiro atoms. The number of primary amides is 1. The molecule has 1 aliphatic rings. The Morgan fingerprint density at radius 1 is 1.29 bits per heavy atom. The maximum absolute atomic E-state index is 12.6. The molecule has 1 aliphatic heterocycles. The normalized spacial score (nSPS) is 20.3. The van der Waals surface area contributed by atoms with Crippen LogP contribution in [0.3, 0.4) is 0 Å². The van der Waals surface area contributed by atoms with Crippen LogP contribution in [0.1, 0.15) is 30.4 Å². The smallest absolute Gasteiger partial charge is 0.235 e. The van der Waals surface area contributed by atoms with Crippen molar-refractivity contribution < 1.29 is 13.2 Å². The number of hydrogen-bond donors (Lipinski definition) is 2. The summed E-state index contributed by atoms with van der Waals surface area (Å²) in [5, 5.41) is 0. The van der Waals surface area contributed by atoms with Gasteiger partial charge in [-0.2, -0.15) is 4.31 Å². The molecule has 2 rings (SSSR count). The number of benzene rings is 1. The van der Waals surface area contributed by atoms with Gasteiger partial charge >= 0.3 is 0 Å². The highest BCUT2D eigenvalue weighted by atomic mass is 32.2. The van der Waals surface area contributed by atoms with E-state index in [9.17, 15) is 13.2 Å². The molecular weight excluding hydrogens is 290 g/mol. The van der Waals surface area contributed by atoms with Crippen LogP contribution in [0.15, 0.2) is 24.3 Å². The Hall–Kier alpha value is -1.44. The minimum Gasteiger partial charge on any atom is -0.368 e. The summed E-state index contributed by atoms with van der Waals surface area (Å²) in [6.07, 6.45) is 2.07. The van der Waals surface area contributed by atoms with E-state index in [0.29, 0.717) is 25.1 Å². The number of amides is 1. The number of hydrogen-bond acceptors (Lipinski definition) is 4. The Kier molecular flexibility index (Phi) is 4.97. The molecule has 116 valence electrons. The van der Waals surface area contributed by atoms with Crippen LogP contribution in [-0.2, 0) is 27.1 Å². The molecule has 1 fully saturated rings. The van der Waals surface area contributed by atoms with Crippen LogP contribution in [0, 0.1) is 0 Å². The zero-order chi connectivity index (χ0) is 15.5. The number of sulfonamides is 1. The summed E-state index contributed by atoms with van der Waals surface area (Å²) in [4.78, 5) is 11.5. The quantitative estimate of drug-likeness (QED) is 0.816. The highest BCUT2D eigenvalue weighted by Crippen LogP contribution is 2.23. The molecule has 1 amide bonds. The Balaban J connectivity index is 2.21. The first-order valence-electron chi connectivity index (χ1n) is 7.01. The molecule has 1 atom stereocenters. The van der Waals surface area contributed by atoms with Crippen molar-refractivity contribution in [1.82, 2.24) is 4.31 Å². The van der Waals surface area contributed by atoms with Gasteiger partial charge in [0.05, 0.1) is 5.75 Å². The monoisotopic (exact) mass is 311 g/mol. The molecule has 0 radical (unpaired) electrons. The van der Waals surface area contributed by atoms with E-state index >= 15 is 0 Å². The third-order valence-corrected chi connectivity index (χ3v) is 5.57. The lowest BCUT2D eigenvalue weighted by molar-refractivity contribution is -0.122. The van der Waals surface area contributed by atoms with Crippen molar-refractivity contribution in [3.8, 4) is 0 Å². The number of piperidine rings is 1. The Morgan fingerprint density at radius 2 is 2.00 bits per heavy atom. The van der Waals surface area contributed by atoms with Crippen molar-refractivity contribution in [2.45, 2.75) is 37.6 Å². The molecule has 0 bridgehead atoms. The highest BCUT2D eigenvalue weighted by molar-refractivity contribution is 7.88. The van der Waals surface area contributed by atoms with Crippen LogP contribution in [0.25, 0.3) is 0 Å². The Labute approximate surface area is 125 Å². The van der Waals surface area contributed by atoms with Gasteiger partial charge in [0.25, 0.3) is 0 Å². The third kappa shape index (κ3) is 3.81. The van der Waals surface area contributed by atoms with Crippen LogP contribution in [0.5, 0.6) is 0 Å². The second kappa shape index (κ2) is 6.55. The number of carbonyl (C=O) groups excluding carboxylic acids is 1. The van der Waals surface area contributed by atoms with Crippen LogP contribution in [0.2, 0.25) is 0 Å². The van der Waals surface area contributed by atoms with E-state index < -0.39 is 22.0 Å². The predicted molar refractivity (Wildman–Crippen MR) is 80.5 cm³/mol. The molecule has 1 aromatic rings. The minimum absolute atomic E-state index is 0.134. The highest BCUT2D eigenvalue weighted by Gasteiger charge is 2.35. The number of nitrogens with zero attached hydrogens (tertiary/aromatic N) is 1. The van der Waals surface area contributed by atoms with E-state index in [1.165, 1.54) is 4.31 Å². The maximum Gasteiger partial charge on any atom is 0.235 e. The van der Waals surface area contributed by atoms with Gasteiger partial charge in [-0.25, -0.2) is 8.42 Å². The molecule has 4 N–H and O–H groups in total. The van der Waals surface area contributed by atoms with Crippen molar-refractivity contribution in [2.75, 3.05) is 6.54 Å². The van der Waals surface area contributed by atoms with E-state index in [-0.39, 0.29) is 5.75 Å². The number of nitrogens with two attached hydrogens (primary N) is 2. The van der Waals surface area contributed by atoms with Crippen molar-refractivity contribution in [3.63, 3.8) is 0 Å². The summed E-state index contributed by atoms with van der Waals surface area (Å²) in [7, 11) is -3.56. The Bertz CT molecular complexity index is 616. The molecule has 0 aliphatic carbocycles. The molecule has 0 saturated carbocycles. The molecule has 1 aromatic carbocycles. The average Bonchev–Trinajstić information content (AvgIpc) is 2.47. The molecule has 1 unspecified atom stereocenters. The molecule has 0 aromatic heterocycles. The number of carbonyl (C=O) groups is 1. The van der Waals surface area contributed by atoms with E-state index in [1.807, 2.05) is 6.07 Å². The summed E-state index contributed by atoms with van der Waals surface area (Å²) >= 11 is 0. The largest absolute Gasteiger partial charge is 0.368 e. The fraction of sp³-hybridized carbons (Fsp3) is 0.500. The van der Waals surface area contributed by atoms with E-state index in [4.69, 9.17) is 11.5 Å². The van der Waals surface area contributed by atoms with Gasteiger partial charge in [-0.05, 0) is 24.0 Å². The predicted octanol–water partition coefficient (Wildman–Crippen LogP) is 0.315. The fourth-order valence-corrected chi connectivity index (χ4v) is 4.43. The van der Waals surface area contributed by atoms with Crippen LogP contribution < -0.4 is 11.5 Å². The number of rotatable bonds is 5. The van der Waals surface area contributed by atoms with Gasteiger partial charge in [0.2, 0.25) is 15.9 Å². The third-order valence-electron chi connectivity index (χ3n) is 3.72. The maximum atomic E-state index is 12.6. The van der Waals surface area contributed by atoms with Crippen LogP contribution in [-0.4, -0.2) is 31.2 Å². The van der Waals surface area contributed by atoms with Crippen LogP contribution >= 0.6 is 0 Å². The molecule has 7 heteroatoms. The first-order chi connectivity index (χ1) is 9.94. The molecule has 1 saturated heterocycles. The van der Waals surface area contributed by atoms with E-state index in [2.05, 4.69) is 0 Å². The molecule has 6 nitrogen and oxygen atoms in total. The van der Waals surface area contributed by atoms with Crippen molar-refractivity contribution >= 4 is 15.9 Å². The van der Waals surface area contributed by atoms with Gasteiger partial charge < -0.3 is 11.5 Å². The summed E-state index contributed by atoms with van der Waals surface area (Å²) < 4.78 is 26.4. The second-order valence-electron chi connectivity index (χ2n) is 5.30. The first kappa shape index (κ1) is 15.9. The van der Waals surface area contributed by atoms with Crippen molar-refractivity contribution in [2.24, 2.45) is 11.5 Å². The van der Waals surface area contributed by atoms with Gasteiger partial charge in [0.1, 0.15) is 6.04 Å². The summed E-state index contributed by atoms with van der Waals surface area (Å²) in [5.74, 6) is -0.709. The van der Waals surface area contributed by atoms with Gasteiger partial charge in [-0.1, -0.05) is 30.7 Å². The summed E-state index contributed by atoms with van der Waals surface area (Å²) in [6, 6.07) is 6.44. The SMILES string of the molecule is NCc1cccc(CS(=O)(=O)N2CCCCC2C(N)=O)c1. The van der Waals surface area contributed by atoms with Gasteiger partial charge in [-0.15, -0.1) is 0 Å². The molecule has 21 heavy (non-hydrogen) atoms. The van der Waals surface area contributed by atoms with E-state index in [0.717, 1.165) is 18.4 Å². The zero-order valence-electron chi connectivity index (χ0n) is 11.9. The fourth-order valence-electron chi connectivity index (χ4n) is 2.66. The molecule has 1 heterocycles. The molecular formula is C14H21N3O3S. The zero-order valence-corrected chi connectivity index (χ0v) is 12.7. The van der Waals surface area contributed by atoms with Gasteiger partial charge in [0.15, 0.2) is 0 Å². The lowest BCUT2D eigenvalue weighted by Gasteiger charge is -2.32. The van der Waals surface area contributed by atoms with Crippen LogP contribution in [0.4, 0.5) is 0 Å². The lowest BCUT2D eigenvalue weighted by Crippen LogP contribution is -2.50. The summed E-state index contributed by atoms with van der Waals surface area (Å²) in [5.41, 5.74) is 12.5. The average molecular weight is 311 g/mol. The summed E-state index contributed by atoms with van der Waals surface area (Å²) in [6.45, 7) is 0.716. The van der Waals surface area contributed by atoms with E-state index in [1.54, 1.807) is 18.2 Å². The van der Waals surface area contributed by atoms with Gasteiger partial charge in [-0.3, -0.25) is 4.79 Å². The minimum atomic E-state index is -3.56. The topological polar surface area (TPSA) is 106 Å². The van der Waals surface area contributed by atoms with Crippen molar-refractivity contribution in [1.29, 1.82) is 0 Å². The van der Waals surface area contributed by atoms with Gasteiger partial charge in [0, 0.05) is 13.1 Å². The van der Waals surface area contributed by atoms with Crippen molar-refractivity contribution in [3.05, 3.63) is 35.4 Å². The standard InChI is InChI=1S/C14H21N3O3S/c15-9-11-4-3-5-12(8-11)10-21(19,20)17-7-2-1-6-13(17)14(16)18/h3-5,8,13H,1-2,6-7,9-10,15H2,(H2,16,18). The lowest BCUT2D eigenvalue weighted by atomic mass is 10.0. The first-order valence-corrected chi connectivity index (χ1v) is 8.61. The Morgan fingerprint density at radius 3 is 2.67 bits per heavy atom. The second-order valence-corrected chi connectivity index (χ2v) is 7.23.